The molecule has 0 saturated carbocycles. The minimum atomic E-state index is -0.984. The molecule has 2 rings (SSSR count). The van der Waals surface area contributed by atoms with Gasteiger partial charge in [-0.1, -0.05) is 18.2 Å². The van der Waals surface area contributed by atoms with E-state index >= 15 is 0 Å². The topological polar surface area (TPSA) is 79.3 Å². The number of carboxylic acid groups (broad SMARTS) is 1. The van der Waals surface area contributed by atoms with Crippen molar-refractivity contribution in [1.82, 2.24) is 4.98 Å². The number of nitrogens with one attached hydrogen (secondary N) is 1. The molecule has 1 amide bonds. The number of hydrogen-bond donors (Lipinski definition) is 2. The summed E-state index contributed by atoms with van der Waals surface area (Å²) in [5.74, 6) is -1.31. The van der Waals surface area contributed by atoms with Crippen LogP contribution in [0.1, 0.15) is 18.5 Å². The van der Waals surface area contributed by atoms with Gasteiger partial charge >= 0.3 is 5.97 Å². The third-order valence-electron chi connectivity index (χ3n) is 2.70. The lowest BCUT2D eigenvalue weighted by atomic mass is 10.1. The monoisotopic (exact) mass is 258 g/mol. The summed E-state index contributed by atoms with van der Waals surface area (Å²) in [6.07, 6.45) is -0.222. The Bertz CT molecular complexity index is 638. The number of aliphatic carboxylic acids is 1. The highest BCUT2D eigenvalue weighted by atomic mass is 16.4. The average Bonchev–Trinajstić information content (AvgIpc) is 2.37. The van der Waals surface area contributed by atoms with E-state index in [4.69, 9.17) is 5.11 Å². The maximum absolute atomic E-state index is 11.6. The maximum Gasteiger partial charge on any atom is 0.303 e. The van der Waals surface area contributed by atoms with Crippen LogP contribution in [-0.2, 0) is 9.59 Å². The molecule has 0 aliphatic rings. The number of aromatic nitrogens is 1. The number of hydrogen-bond acceptors (Lipinski definition) is 3. The number of anilines is 1. The minimum absolute atomic E-state index is 0.0441. The molecule has 19 heavy (non-hydrogen) atoms. The molecule has 0 unspecified atom stereocenters. The smallest absolute Gasteiger partial charge is 0.303 e. The molecule has 0 atom stereocenters. The van der Waals surface area contributed by atoms with E-state index in [2.05, 4.69) is 10.3 Å². The first-order valence-electron chi connectivity index (χ1n) is 5.94. The van der Waals surface area contributed by atoms with Crippen LogP contribution in [0.3, 0.4) is 0 Å². The second kappa shape index (κ2) is 5.48. The number of para-hydroxylation sites is 1. The van der Waals surface area contributed by atoms with E-state index in [1.54, 1.807) is 6.07 Å². The zero-order valence-corrected chi connectivity index (χ0v) is 10.5. The lowest BCUT2D eigenvalue weighted by molar-refractivity contribution is -0.138. The Morgan fingerprint density at radius 2 is 2.00 bits per heavy atom. The molecule has 2 N–H and O–H groups in total. The van der Waals surface area contributed by atoms with Crippen molar-refractivity contribution < 1.29 is 14.7 Å². The average molecular weight is 258 g/mol. The van der Waals surface area contributed by atoms with Crippen molar-refractivity contribution in [3.05, 3.63) is 36.0 Å². The van der Waals surface area contributed by atoms with Gasteiger partial charge in [-0.05, 0) is 19.1 Å². The molecule has 0 aliphatic carbocycles. The number of rotatable bonds is 4. The third kappa shape index (κ3) is 3.28. The quantitative estimate of drug-likeness (QED) is 0.882. The first-order valence-corrected chi connectivity index (χ1v) is 5.94. The van der Waals surface area contributed by atoms with E-state index < -0.39 is 5.97 Å². The maximum atomic E-state index is 11.6. The molecular weight excluding hydrogens is 244 g/mol. The van der Waals surface area contributed by atoms with Gasteiger partial charge in [-0.25, -0.2) is 0 Å². The summed E-state index contributed by atoms with van der Waals surface area (Å²) in [5, 5.41) is 12.2. The van der Waals surface area contributed by atoms with Crippen molar-refractivity contribution in [3.63, 3.8) is 0 Å². The number of benzene rings is 1. The van der Waals surface area contributed by atoms with Crippen molar-refractivity contribution in [2.45, 2.75) is 19.8 Å². The number of carboxylic acids is 1. The van der Waals surface area contributed by atoms with Crippen LogP contribution in [0, 0.1) is 6.92 Å². The molecule has 2 aromatic rings. The Labute approximate surface area is 110 Å². The Kier molecular flexibility index (Phi) is 3.75. The van der Waals surface area contributed by atoms with Gasteiger partial charge in [0.25, 0.3) is 0 Å². The Hall–Kier alpha value is -2.43. The molecule has 0 saturated heterocycles. The molecule has 1 heterocycles. The fraction of sp³-hybridized carbons (Fsp3) is 0.214. The van der Waals surface area contributed by atoms with Gasteiger partial charge in [0.15, 0.2) is 0 Å². The predicted molar refractivity (Wildman–Crippen MR) is 72.0 cm³/mol. The number of aryl methyl sites for hydroxylation is 1. The molecule has 0 aliphatic heterocycles. The van der Waals surface area contributed by atoms with Gasteiger partial charge in [0.1, 0.15) is 0 Å². The summed E-state index contributed by atoms with van der Waals surface area (Å²) >= 11 is 0. The fourth-order valence-corrected chi connectivity index (χ4v) is 1.78. The molecule has 0 fully saturated rings. The SMILES string of the molecule is Cc1ccc2cccc(NC(=O)CCC(=O)O)c2n1. The summed E-state index contributed by atoms with van der Waals surface area (Å²) in [5.41, 5.74) is 2.18. The molecule has 0 bridgehead atoms. The lowest BCUT2D eigenvalue weighted by Crippen LogP contribution is -2.13. The second-order valence-electron chi connectivity index (χ2n) is 4.27. The highest BCUT2D eigenvalue weighted by Crippen LogP contribution is 2.21. The molecule has 1 aromatic heterocycles. The standard InChI is InChI=1S/C14H14N2O3/c1-9-5-6-10-3-2-4-11(14(10)15-9)16-12(17)7-8-13(18)19/h2-6H,7-8H2,1H3,(H,16,17)(H,18,19). The van der Waals surface area contributed by atoms with Crippen LogP contribution >= 0.6 is 0 Å². The summed E-state index contributed by atoms with van der Waals surface area (Å²) in [7, 11) is 0. The second-order valence-corrected chi connectivity index (χ2v) is 4.27. The van der Waals surface area contributed by atoms with E-state index in [9.17, 15) is 9.59 Å². The zero-order valence-electron chi connectivity index (χ0n) is 10.5. The molecule has 1 aromatic carbocycles. The summed E-state index contributed by atoms with van der Waals surface area (Å²) < 4.78 is 0. The van der Waals surface area contributed by atoms with Gasteiger partial charge in [0, 0.05) is 17.5 Å². The largest absolute Gasteiger partial charge is 0.481 e. The van der Waals surface area contributed by atoms with E-state index in [1.165, 1.54) is 0 Å². The van der Waals surface area contributed by atoms with Gasteiger partial charge in [0.2, 0.25) is 5.91 Å². The number of fused-ring (bicyclic) bond motifs is 1. The van der Waals surface area contributed by atoms with Crippen molar-refractivity contribution in [2.24, 2.45) is 0 Å². The summed E-state index contributed by atoms with van der Waals surface area (Å²) in [6.45, 7) is 1.88. The van der Waals surface area contributed by atoms with Gasteiger partial charge in [0.05, 0.1) is 17.6 Å². The van der Waals surface area contributed by atoms with Gasteiger partial charge in [-0.15, -0.1) is 0 Å². The van der Waals surface area contributed by atoms with Gasteiger partial charge in [-0.3, -0.25) is 14.6 Å². The number of pyridine rings is 1. The Balaban J connectivity index is 2.22. The fourth-order valence-electron chi connectivity index (χ4n) is 1.78. The van der Waals surface area contributed by atoms with E-state index in [-0.39, 0.29) is 18.7 Å². The summed E-state index contributed by atoms with van der Waals surface area (Å²) in [6, 6.07) is 9.33. The molecule has 5 heteroatoms. The first kappa shape index (κ1) is 13.0. The molecule has 5 nitrogen and oxygen atoms in total. The van der Waals surface area contributed by atoms with E-state index in [0.29, 0.717) is 11.2 Å². The van der Waals surface area contributed by atoms with Crippen molar-refractivity contribution in [3.8, 4) is 0 Å². The third-order valence-corrected chi connectivity index (χ3v) is 2.70. The lowest BCUT2D eigenvalue weighted by Gasteiger charge is -2.08. The van der Waals surface area contributed by atoms with E-state index in [1.807, 2.05) is 31.2 Å². The predicted octanol–water partition coefficient (Wildman–Crippen LogP) is 2.35. The van der Waals surface area contributed by atoms with Crippen LogP contribution < -0.4 is 5.32 Å². The Morgan fingerprint density at radius 1 is 1.21 bits per heavy atom. The number of carbonyl (C=O) groups excluding carboxylic acids is 1. The molecule has 0 radical (unpaired) electrons. The summed E-state index contributed by atoms with van der Waals surface area (Å²) in [4.78, 5) is 26.5. The number of carbonyl (C=O) groups is 2. The van der Waals surface area contributed by atoms with Crippen LogP contribution in [0.5, 0.6) is 0 Å². The highest BCUT2D eigenvalue weighted by molar-refractivity contribution is 6.00. The van der Waals surface area contributed by atoms with Crippen LogP contribution in [0.25, 0.3) is 10.9 Å². The first-order chi connectivity index (χ1) is 9.06. The number of amides is 1. The normalized spacial score (nSPS) is 10.4. The Morgan fingerprint density at radius 3 is 2.74 bits per heavy atom. The zero-order chi connectivity index (χ0) is 13.8. The van der Waals surface area contributed by atoms with Crippen LogP contribution in [0.2, 0.25) is 0 Å². The van der Waals surface area contributed by atoms with Crippen LogP contribution in [0.15, 0.2) is 30.3 Å². The van der Waals surface area contributed by atoms with Crippen molar-refractivity contribution in [2.75, 3.05) is 5.32 Å². The van der Waals surface area contributed by atoms with Crippen LogP contribution in [-0.4, -0.2) is 22.0 Å². The van der Waals surface area contributed by atoms with Crippen molar-refractivity contribution in [1.29, 1.82) is 0 Å². The van der Waals surface area contributed by atoms with Gasteiger partial charge in [-0.2, -0.15) is 0 Å². The van der Waals surface area contributed by atoms with Crippen molar-refractivity contribution >= 4 is 28.5 Å². The van der Waals surface area contributed by atoms with Crippen LogP contribution in [0.4, 0.5) is 5.69 Å². The number of nitrogens with zero attached hydrogens (tertiary/aromatic N) is 1. The van der Waals surface area contributed by atoms with E-state index in [0.717, 1.165) is 11.1 Å². The minimum Gasteiger partial charge on any atom is -0.481 e. The van der Waals surface area contributed by atoms with Gasteiger partial charge < -0.3 is 10.4 Å². The molecule has 0 spiro atoms. The highest BCUT2D eigenvalue weighted by Gasteiger charge is 2.08. The molecule has 98 valence electrons. The molecular formula is C14H14N2O3.